The van der Waals surface area contributed by atoms with Crippen LogP contribution in [0.15, 0.2) is 29.7 Å². The molecule has 0 atom stereocenters. The Balaban J connectivity index is 2.40. The zero-order valence-corrected chi connectivity index (χ0v) is 10.1. The zero-order chi connectivity index (χ0) is 12.4. The van der Waals surface area contributed by atoms with Gasteiger partial charge in [-0.05, 0) is 18.6 Å². The van der Waals surface area contributed by atoms with Crippen LogP contribution in [0.3, 0.4) is 0 Å². The van der Waals surface area contributed by atoms with Crippen LogP contribution in [0.4, 0.5) is 0 Å². The number of allylic oxidation sites excluding steroid dienone is 1. The van der Waals surface area contributed by atoms with Crippen molar-refractivity contribution >= 4 is 5.78 Å². The number of carbonyl (C=O) groups excluding carboxylic acids is 1. The van der Waals surface area contributed by atoms with E-state index in [0.29, 0.717) is 23.5 Å². The third-order valence-electron chi connectivity index (χ3n) is 2.70. The summed E-state index contributed by atoms with van der Waals surface area (Å²) in [6.07, 6.45) is 0.526. The van der Waals surface area contributed by atoms with Gasteiger partial charge < -0.3 is 14.2 Å². The summed E-state index contributed by atoms with van der Waals surface area (Å²) in [5, 5.41) is 0. The van der Waals surface area contributed by atoms with Crippen LogP contribution < -0.4 is 9.47 Å². The maximum Gasteiger partial charge on any atom is 0.291 e. The second kappa shape index (κ2) is 4.49. The molecule has 0 aliphatic carbocycles. The van der Waals surface area contributed by atoms with Gasteiger partial charge in [0, 0.05) is 12.5 Å². The van der Waals surface area contributed by atoms with Gasteiger partial charge in [0.15, 0.2) is 5.78 Å². The van der Waals surface area contributed by atoms with E-state index in [-0.39, 0.29) is 11.7 Å². The Morgan fingerprint density at radius 3 is 2.65 bits per heavy atom. The lowest BCUT2D eigenvalue weighted by molar-refractivity contribution is -0.114. The third-order valence-corrected chi connectivity index (χ3v) is 2.70. The Morgan fingerprint density at radius 1 is 1.29 bits per heavy atom. The summed E-state index contributed by atoms with van der Waals surface area (Å²) in [5.74, 6) is 1.62. The van der Waals surface area contributed by atoms with Crippen molar-refractivity contribution in [3.8, 4) is 11.5 Å². The molecule has 0 N–H and O–H groups in total. The molecular weight excluding hydrogens is 220 g/mol. The maximum absolute atomic E-state index is 11.5. The highest BCUT2D eigenvalue weighted by Crippen LogP contribution is 2.33. The van der Waals surface area contributed by atoms with Crippen LogP contribution in [0.2, 0.25) is 0 Å². The predicted molar refractivity (Wildman–Crippen MR) is 62.0 cm³/mol. The molecule has 4 nitrogen and oxygen atoms in total. The van der Waals surface area contributed by atoms with Gasteiger partial charge in [0.1, 0.15) is 11.5 Å². The number of methoxy groups -OCH3 is 2. The lowest BCUT2D eigenvalue weighted by Crippen LogP contribution is -2.16. The summed E-state index contributed by atoms with van der Waals surface area (Å²) in [7, 11) is 3.09. The van der Waals surface area contributed by atoms with Crippen molar-refractivity contribution in [2.45, 2.75) is 13.3 Å². The number of hydrogen-bond acceptors (Lipinski definition) is 4. The topological polar surface area (TPSA) is 44.8 Å². The maximum atomic E-state index is 11.5. The van der Waals surface area contributed by atoms with Gasteiger partial charge in [-0.25, -0.2) is 0 Å². The fourth-order valence-corrected chi connectivity index (χ4v) is 1.76. The highest BCUT2D eigenvalue weighted by Gasteiger charge is 2.23. The fraction of sp³-hybridized carbons (Fsp3) is 0.308. The lowest BCUT2D eigenvalue weighted by Gasteiger charge is -2.21. The highest BCUT2D eigenvalue weighted by atomic mass is 16.7. The molecule has 0 aromatic heterocycles. The van der Waals surface area contributed by atoms with E-state index in [0.717, 1.165) is 5.56 Å². The second-order valence-electron chi connectivity index (χ2n) is 3.78. The monoisotopic (exact) mass is 234 g/mol. The van der Waals surface area contributed by atoms with Crippen molar-refractivity contribution in [1.82, 2.24) is 0 Å². The van der Waals surface area contributed by atoms with Gasteiger partial charge in [0.25, 0.3) is 5.95 Å². The van der Waals surface area contributed by atoms with Crippen molar-refractivity contribution in [2.24, 2.45) is 0 Å². The number of Topliss-reactive ketones (excluding diaryl/α,β-unsaturated/α-hetero) is 1. The van der Waals surface area contributed by atoms with E-state index < -0.39 is 0 Å². The molecule has 90 valence electrons. The van der Waals surface area contributed by atoms with Crippen LogP contribution in [0.25, 0.3) is 0 Å². The molecule has 17 heavy (non-hydrogen) atoms. The van der Waals surface area contributed by atoms with E-state index in [1.165, 1.54) is 14.0 Å². The van der Waals surface area contributed by atoms with Crippen LogP contribution in [0.1, 0.15) is 12.5 Å². The summed E-state index contributed by atoms with van der Waals surface area (Å²) in [6, 6.07) is 5.52. The largest absolute Gasteiger partial charge is 0.497 e. The van der Waals surface area contributed by atoms with Crippen molar-refractivity contribution < 1.29 is 19.0 Å². The van der Waals surface area contributed by atoms with E-state index in [1.807, 2.05) is 12.1 Å². The summed E-state index contributed by atoms with van der Waals surface area (Å²) in [4.78, 5) is 11.5. The van der Waals surface area contributed by atoms with Crippen molar-refractivity contribution in [2.75, 3.05) is 14.2 Å². The van der Waals surface area contributed by atoms with Gasteiger partial charge in [-0.3, -0.25) is 4.79 Å². The van der Waals surface area contributed by atoms with Crippen molar-refractivity contribution in [3.63, 3.8) is 0 Å². The number of benzene rings is 1. The molecule has 2 rings (SSSR count). The number of carbonyl (C=O) groups is 1. The fourth-order valence-electron chi connectivity index (χ4n) is 1.76. The number of ketones is 1. The van der Waals surface area contributed by atoms with Crippen LogP contribution in [0, 0.1) is 0 Å². The summed E-state index contributed by atoms with van der Waals surface area (Å²) >= 11 is 0. The number of rotatable bonds is 3. The number of ether oxygens (including phenoxy) is 3. The molecule has 0 unspecified atom stereocenters. The first kappa shape index (κ1) is 11.5. The normalized spacial score (nSPS) is 13.8. The Labute approximate surface area is 99.8 Å². The molecule has 0 amide bonds. The predicted octanol–water partition coefficient (Wildman–Crippen LogP) is 2.08. The smallest absolute Gasteiger partial charge is 0.291 e. The SMILES string of the molecule is COC1=C(C(C)=O)Cc2ccc(OC)cc2O1. The van der Waals surface area contributed by atoms with Gasteiger partial charge in [-0.15, -0.1) is 0 Å². The van der Waals surface area contributed by atoms with Crippen LogP contribution >= 0.6 is 0 Å². The van der Waals surface area contributed by atoms with E-state index in [2.05, 4.69) is 0 Å². The molecule has 0 bridgehead atoms. The summed E-state index contributed by atoms with van der Waals surface area (Å²) < 4.78 is 15.8. The average Bonchev–Trinajstić information content (AvgIpc) is 2.36. The van der Waals surface area contributed by atoms with Crippen LogP contribution in [0.5, 0.6) is 11.5 Å². The number of hydrogen-bond donors (Lipinski definition) is 0. The molecular formula is C13H14O4. The van der Waals surface area contributed by atoms with Gasteiger partial charge in [-0.2, -0.15) is 0 Å². The molecule has 0 fully saturated rings. The van der Waals surface area contributed by atoms with Gasteiger partial charge in [0.2, 0.25) is 0 Å². The Morgan fingerprint density at radius 2 is 2.06 bits per heavy atom. The molecule has 1 aromatic rings. The minimum absolute atomic E-state index is 0.0386. The van der Waals surface area contributed by atoms with E-state index in [9.17, 15) is 4.79 Å². The standard InChI is InChI=1S/C13H14O4/c1-8(14)11-6-9-4-5-10(15-2)7-12(9)17-13(11)16-3/h4-5,7H,6H2,1-3H3. The zero-order valence-electron chi connectivity index (χ0n) is 10.1. The van der Waals surface area contributed by atoms with Gasteiger partial charge in [-0.1, -0.05) is 6.07 Å². The van der Waals surface area contributed by atoms with Gasteiger partial charge >= 0.3 is 0 Å². The molecule has 0 saturated carbocycles. The molecule has 1 aromatic carbocycles. The Bertz CT molecular complexity index is 488. The minimum Gasteiger partial charge on any atom is -0.497 e. The first-order chi connectivity index (χ1) is 8.15. The first-order valence-corrected chi connectivity index (χ1v) is 5.28. The number of fused-ring (bicyclic) bond motifs is 1. The van der Waals surface area contributed by atoms with Gasteiger partial charge in [0.05, 0.1) is 19.8 Å². The molecule has 4 heteroatoms. The Kier molecular flexibility index (Phi) is 3.04. The molecule has 1 heterocycles. The molecule has 0 saturated heterocycles. The van der Waals surface area contributed by atoms with Crippen LogP contribution in [-0.2, 0) is 16.0 Å². The Hall–Kier alpha value is -1.97. The van der Waals surface area contributed by atoms with E-state index in [1.54, 1.807) is 13.2 Å². The van der Waals surface area contributed by atoms with E-state index in [4.69, 9.17) is 14.2 Å². The third kappa shape index (κ3) is 2.11. The molecule has 1 aliphatic rings. The molecule has 0 spiro atoms. The van der Waals surface area contributed by atoms with Crippen molar-refractivity contribution in [1.29, 1.82) is 0 Å². The van der Waals surface area contributed by atoms with Crippen molar-refractivity contribution in [3.05, 3.63) is 35.3 Å². The summed E-state index contributed by atoms with van der Waals surface area (Å²) in [5.41, 5.74) is 1.52. The minimum atomic E-state index is -0.0386. The summed E-state index contributed by atoms with van der Waals surface area (Å²) in [6.45, 7) is 1.51. The average molecular weight is 234 g/mol. The molecule has 1 aliphatic heterocycles. The second-order valence-corrected chi connectivity index (χ2v) is 3.78. The lowest BCUT2D eigenvalue weighted by atomic mass is 10.00. The first-order valence-electron chi connectivity index (χ1n) is 5.28. The quantitative estimate of drug-likeness (QED) is 0.803. The highest BCUT2D eigenvalue weighted by molar-refractivity contribution is 5.94. The van der Waals surface area contributed by atoms with E-state index >= 15 is 0 Å². The molecule has 0 radical (unpaired) electrons. The van der Waals surface area contributed by atoms with Crippen LogP contribution in [-0.4, -0.2) is 20.0 Å².